The predicted molar refractivity (Wildman–Crippen MR) is 121 cm³/mol. The van der Waals surface area contributed by atoms with Gasteiger partial charge in [0, 0.05) is 0 Å². The molecule has 11 atom stereocenters. The number of anilines is 1. The predicted octanol–water partition coefficient (Wildman–Crippen LogP) is -3.75. The first-order valence-electron chi connectivity index (χ1n) is 10.8. The molecule has 1 unspecified atom stereocenters. The van der Waals surface area contributed by atoms with E-state index in [1.807, 2.05) is 0 Å². The molecule has 22 heteroatoms. The zero-order valence-electron chi connectivity index (χ0n) is 19.1. The second-order valence-electron chi connectivity index (χ2n) is 8.32. The number of aromatic nitrogens is 4. The van der Waals surface area contributed by atoms with E-state index in [-0.39, 0.29) is 17.0 Å². The summed E-state index contributed by atoms with van der Waals surface area (Å²) in [6.45, 7) is -1.67. The monoisotopic (exact) mass is 583 g/mol. The smallest absolute Gasteiger partial charge is 0.394 e. The molecule has 0 bridgehead atoms. The SMILES string of the molecule is [B][P@](=O)(OC[C@H]1O[C@@H](n2cnc3c(N)ncnc32)[C@H](O)[C@@H]1O)OP(=O)(O)O[C@H]1O[C@H](CO)[C@@H](O)[C@H](O)[C@H]1O. The lowest BCUT2D eigenvalue weighted by Crippen LogP contribution is -2.58. The molecular weight excluding hydrogens is 559 g/mol. The average Bonchev–Trinajstić information content (AvgIpc) is 3.39. The van der Waals surface area contributed by atoms with E-state index in [1.54, 1.807) is 0 Å². The van der Waals surface area contributed by atoms with Gasteiger partial charge in [-0.15, -0.1) is 0 Å². The van der Waals surface area contributed by atoms with E-state index in [9.17, 15) is 44.7 Å². The highest BCUT2D eigenvalue weighted by atomic mass is 31.3. The Balaban J connectivity index is 1.38. The lowest BCUT2D eigenvalue weighted by molar-refractivity contribution is -0.280. The highest BCUT2D eigenvalue weighted by Gasteiger charge is 2.49. The van der Waals surface area contributed by atoms with Crippen LogP contribution in [0.4, 0.5) is 5.82 Å². The first-order valence-corrected chi connectivity index (χ1v) is 13.9. The Morgan fingerprint density at radius 1 is 1.00 bits per heavy atom. The van der Waals surface area contributed by atoms with Crippen molar-refractivity contribution in [3.05, 3.63) is 12.7 Å². The van der Waals surface area contributed by atoms with Crippen LogP contribution in [0, 0.1) is 0 Å². The Labute approximate surface area is 214 Å². The maximum atomic E-state index is 12.5. The Hall–Kier alpha value is -1.61. The topological polar surface area (TPSA) is 292 Å². The fourth-order valence-electron chi connectivity index (χ4n) is 3.80. The van der Waals surface area contributed by atoms with Gasteiger partial charge in [0.25, 0.3) is 7.47 Å². The maximum absolute atomic E-state index is 12.5. The maximum Gasteiger partial charge on any atom is 0.481 e. The molecule has 210 valence electrons. The van der Waals surface area contributed by atoms with Crippen molar-refractivity contribution >= 4 is 39.8 Å². The van der Waals surface area contributed by atoms with Gasteiger partial charge in [-0.25, -0.2) is 23.8 Å². The molecule has 2 aromatic heterocycles. The van der Waals surface area contributed by atoms with Crippen LogP contribution in [0.2, 0.25) is 0 Å². The van der Waals surface area contributed by atoms with Gasteiger partial charge in [-0.3, -0.25) is 13.7 Å². The van der Waals surface area contributed by atoms with Crippen molar-refractivity contribution in [2.75, 3.05) is 18.9 Å². The zero-order chi connectivity index (χ0) is 28.0. The van der Waals surface area contributed by atoms with E-state index in [4.69, 9.17) is 27.3 Å². The lowest BCUT2D eigenvalue weighted by Gasteiger charge is -2.39. The van der Waals surface area contributed by atoms with Gasteiger partial charge in [-0.2, -0.15) is 0 Å². The molecule has 0 spiro atoms. The summed E-state index contributed by atoms with van der Waals surface area (Å²) in [6.07, 6.45) is -12.8. The summed E-state index contributed by atoms with van der Waals surface area (Å²) in [4.78, 5) is 21.8. The molecule has 0 aliphatic carbocycles. The fourth-order valence-corrected chi connectivity index (χ4v) is 6.09. The van der Waals surface area contributed by atoms with Gasteiger partial charge < -0.3 is 55.3 Å². The number of rotatable bonds is 9. The molecular formula is C16H24BN5O14P2. The summed E-state index contributed by atoms with van der Waals surface area (Å²) < 4.78 is 50.3. The van der Waals surface area contributed by atoms with Gasteiger partial charge in [-0.1, -0.05) is 0 Å². The molecule has 4 rings (SSSR count). The van der Waals surface area contributed by atoms with Crippen molar-refractivity contribution in [1.29, 1.82) is 0 Å². The van der Waals surface area contributed by atoms with E-state index in [0.717, 1.165) is 6.33 Å². The van der Waals surface area contributed by atoms with Crippen LogP contribution < -0.4 is 5.73 Å². The molecule has 2 aromatic rings. The van der Waals surface area contributed by atoms with Crippen molar-refractivity contribution < 1.29 is 67.5 Å². The Morgan fingerprint density at radius 2 is 1.68 bits per heavy atom. The summed E-state index contributed by atoms with van der Waals surface area (Å²) >= 11 is 0. The third-order valence-electron chi connectivity index (χ3n) is 5.72. The van der Waals surface area contributed by atoms with Gasteiger partial charge >= 0.3 is 7.82 Å². The number of hydrogen-bond donors (Lipinski definition) is 8. The van der Waals surface area contributed by atoms with Crippen LogP contribution in [0.3, 0.4) is 0 Å². The summed E-state index contributed by atoms with van der Waals surface area (Å²) in [5.74, 6) is 0.0576. The number of nitrogens with two attached hydrogens (primary N) is 1. The largest absolute Gasteiger partial charge is 0.481 e. The Kier molecular flexibility index (Phi) is 8.59. The second-order valence-corrected chi connectivity index (χ2v) is 11.5. The molecule has 0 amide bonds. The minimum Gasteiger partial charge on any atom is -0.394 e. The second kappa shape index (κ2) is 11.1. The number of aliphatic hydroxyl groups is 6. The van der Waals surface area contributed by atoms with Crippen LogP contribution in [-0.4, -0.2) is 125 Å². The summed E-state index contributed by atoms with van der Waals surface area (Å²) in [7, 11) is -5.04. The van der Waals surface area contributed by atoms with Crippen molar-refractivity contribution in [3.63, 3.8) is 0 Å². The van der Waals surface area contributed by atoms with E-state index in [0.29, 0.717) is 0 Å². The van der Waals surface area contributed by atoms with Crippen LogP contribution in [0.1, 0.15) is 6.23 Å². The van der Waals surface area contributed by atoms with Crippen LogP contribution in [-0.2, 0) is 32.0 Å². The highest BCUT2D eigenvalue weighted by molar-refractivity contribution is 7.83. The van der Waals surface area contributed by atoms with Gasteiger partial charge in [0.15, 0.2) is 24.0 Å². The molecule has 0 aromatic carbocycles. The number of ether oxygens (including phenoxy) is 2. The Morgan fingerprint density at radius 3 is 2.37 bits per heavy atom. The normalized spacial score (nSPS) is 37.2. The zero-order valence-corrected chi connectivity index (χ0v) is 20.9. The van der Waals surface area contributed by atoms with Gasteiger partial charge in [0.2, 0.25) is 7.57 Å². The van der Waals surface area contributed by atoms with E-state index in [1.165, 1.54) is 10.9 Å². The quantitative estimate of drug-likeness (QED) is 0.104. The van der Waals surface area contributed by atoms with Gasteiger partial charge in [0.05, 0.1) is 19.5 Å². The van der Waals surface area contributed by atoms with Crippen LogP contribution in [0.15, 0.2) is 12.7 Å². The number of aliphatic hydroxyl groups excluding tert-OH is 6. The molecule has 19 nitrogen and oxygen atoms in total. The number of nitrogen functional groups attached to an aromatic ring is 1. The highest BCUT2D eigenvalue weighted by Crippen LogP contribution is 2.61. The summed E-state index contributed by atoms with van der Waals surface area (Å²) in [5.41, 5.74) is 6.11. The van der Waals surface area contributed by atoms with E-state index < -0.39 is 83.8 Å². The third-order valence-corrected chi connectivity index (χ3v) is 8.44. The number of imidazole rings is 1. The van der Waals surface area contributed by atoms with Gasteiger partial charge in [-0.05, 0) is 0 Å². The molecule has 9 N–H and O–H groups in total. The van der Waals surface area contributed by atoms with Crippen molar-refractivity contribution in [2.24, 2.45) is 0 Å². The first kappa shape index (κ1) is 29.4. The van der Waals surface area contributed by atoms with Gasteiger partial charge in [0.1, 0.15) is 54.6 Å². The minimum absolute atomic E-state index is 0.0576. The summed E-state index contributed by atoms with van der Waals surface area (Å²) in [5, 5.41) is 59.4. The Bertz CT molecular complexity index is 1240. The lowest BCUT2D eigenvalue weighted by atomic mass is 10.00. The number of phosphoric acid groups is 1. The molecule has 2 aliphatic rings. The number of fused-ring (bicyclic) bond motifs is 1. The molecule has 2 aliphatic heterocycles. The molecule has 2 saturated heterocycles. The third kappa shape index (κ3) is 5.93. The fraction of sp³-hybridized carbons (Fsp3) is 0.688. The van der Waals surface area contributed by atoms with Crippen LogP contribution in [0.25, 0.3) is 11.2 Å². The number of hydrogen-bond acceptors (Lipinski definition) is 17. The molecule has 38 heavy (non-hydrogen) atoms. The van der Waals surface area contributed by atoms with Crippen LogP contribution >= 0.6 is 15.3 Å². The van der Waals surface area contributed by atoms with E-state index >= 15 is 0 Å². The standard InChI is InChI=1S/C16H24BN5O14P2/c17-37(29,36-38(30,31)35-16-12(28)10(26)8(24)5(1-23)34-16)32-2-6-9(25)11(27)15(33-6)22-4-21-7-13(18)19-3-20-14(7)22/h3-6,8-12,15-16,23-28H,1-2H2,(H,30,31)(H2,18,19,20)/t5-,6-,8-,9-,10+,11-,12-,15-,16-,37+/m1/s1. The van der Waals surface area contributed by atoms with Crippen molar-refractivity contribution in [3.8, 4) is 0 Å². The molecule has 4 heterocycles. The summed E-state index contributed by atoms with van der Waals surface area (Å²) in [6, 6.07) is 0. The van der Waals surface area contributed by atoms with Crippen molar-refractivity contribution in [1.82, 2.24) is 19.5 Å². The van der Waals surface area contributed by atoms with Crippen LogP contribution in [0.5, 0.6) is 0 Å². The van der Waals surface area contributed by atoms with E-state index in [2.05, 4.69) is 23.8 Å². The first-order chi connectivity index (χ1) is 17.7. The molecule has 2 radical (unpaired) electrons. The average molecular weight is 583 g/mol. The number of phosphoric ester groups is 1. The number of nitrogens with zero attached hydrogens (tertiary/aromatic N) is 4. The van der Waals surface area contributed by atoms with Crippen molar-refractivity contribution in [2.45, 2.75) is 55.2 Å². The molecule has 0 saturated carbocycles. The molecule has 2 fully saturated rings. The minimum atomic E-state index is -5.44.